The molecule has 0 amide bonds. The molecule has 0 radical (unpaired) electrons. The molecule has 2 aromatic carbocycles. The summed E-state index contributed by atoms with van der Waals surface area (Å²) in [5.74, 6) is 0.930. The molecule has 34 heavy (non-hydrogen) atoms. The molecule has 2 rings (SSSR count). The van der Waals surface area contributed by atoms with E-state index < -0.39 is 16.6 Å². The van der Waals surface area contributed by atoms with Crippen molar-refractivity contribution >= 4 is 16.6 Å². The van der Waals surface area contributed by atoms with Crippen molar-refractivity contribution in [2.75, 3.05) is 6.61 Å². The molecule has 2 aromatic rings. The van der Waals surface area contributed by atoms with Crippen LogP contribution in [0, 0.1) is 11.3 Å². The highest BCUT2D eigenvalue weighted by molar-refractivity contribution is 6.84. The monoisotopic (exact) mass is 495 g/mol. The number of unbranched alkanes of at least 4 members (excludes halogenated alkanes) is 8. The van der Waals surface area contributed by atoms with Gasteiger partial charge in [-0.2, -0.15) is 5.26 Å². The van der Waals surface area contributed by atoms with E-state index in [9.17, 15) is 0 Å². The minimum Gasteiger partial charge on any atom is -0.494 e. The van der Waals surface area contributed by atoms with Gasteiger partial charge in [0, 0.05) is 0 Å². The predicted octanol–water partition coefficient (Wildman–Crippen LogP) is 9.17. The van der Waals surface area contributed by atoms with Crippen LogP contribution >= 0.6 is 0 Å². The number of hydrogen-bond acceptors (Lipinski definition) is 3. The Kier molecular flexibility index (Phi) is 12.1. The van der Waals surface area contributed by atoms with Gasteiger partial charge in [-0.3, -0.25) is 0 Å². The first-order valence-corrected chi connectivity index (χ1v) is 19.6. The maximum Gasteiger partial charge on any atom is 0.173 e. The van der Waals surface area contributed by atoms with Gasteiger partial charge in [-0.15, -0.1) is 0 Å². The highest BCUT2D eigenvalue weighted by Crippen LogP contribution is 2.24. The molecule has 0 aromatic heterocycles. The molecule has 0 atom stereocenters. The Morgan fingerprint density at radius 3 is 1.62 bits per heavy atom. The summed E-state index contributed by atoms with van der Waals surface area (Å²) >= 11 is 0. The molecule has 0 unspecified atom stereocenters. The van der Waals surface area contributed by atoms with Gasteiger partial charge in [0.15, 0.2) is 16.6 Å². The fraction of sp³-hybridized carbons (Fsp3) is 0.552. The fourth-order valence-corrected chi connectivity index (χ4v) is 12.6. The Morgan fingerprint density at radius 2 is 1.12 bits per heavy atom. The van der Waals surface area contributed by atoms with Crippen LogP contribution < -0.4 is 4.74 Å². The van der Waals surface area contributed by atoms with Gasteiger partial charge in [0.05, 0.1) is 18.2 Å². The summed E-state index contributed by atoms with van der Waals surface area (Å²) in [6, 6.07) is 19.4. The van der Waals surface area contributed by atoms with E-state index in [0.29, 0.717) is 5.56 Å². The van der Waals surface area contributed by atoms with Gasteiger partial charge in [0.1, 0.15) is 5.75 Å². The van der Waals surface area contributed by atoms with Gasteiger partial charge in [-0.25, -0.2) is 0 Å². The summed E-state index contributed by atoms with van der Waals surface area (Å²) < 4.78 is 12.3. The average molecular weight is 496 g/mol. The Bertz CT molecular complexity index is 865. The van der Waals surface area contributed by atoms with Crippen molar-refractivity contribution in [3.63, 3.8) is 0 Å². The molecule has 0 saturated heterocycles. The maximum absolute atomic E-state index is 8.92. The average Bonchev–Trinajstić information content (AvgIpc) is 2.78. The fourth-order valence-electron chi connectivity index (χ4n) is 4.44. The Labute approximate surface area is 210 Å². The standard InChI is InChI=1S/C29H45NO2Si2/c1-33(2,3)32-34(4,5)24-14-12-10-8-6-7-9-11-13-23-31-29-21-19-28(20-22-29)27-17-15-26(25-30)16-18-27/h15-22H,6-14,23-24H2,1-5H3. The third-order valence-electron chi connectivity index (χ3n) is 5.98. The quantitative estimate of drug-likeness (QED) is 0.172. The second-order valence-corrected chi connectivity index (χ2v) is 20.0. The Hall–Kier alpha value is -1.88. The van der Waals surface area contributed by atoms with Gasteiger partial charge >= 0.3 is 0 Å². The van der Waals surface area contributed by atoms with E-state index >= 15 is 0 Å². The third kappa shape index (κ3) is 12.0. The minimum atomic E-state index is -1.44. The highest BCUT2D eigenvalue weighted by Gasteiger charge is 2.28. The van der Waals surface area contributed by atoms with Gasteiger partial charge in [-0.1, -0.05) is 75.6 Å². The van der Waals surface area contributed by atoms with Crippen LogP contribution in [-0.4, -0.2) is 23.2 Å². The van der Waals surface area contributed by atoms with Crippen molar-refractivity contribution in [1.82, 2.24) is 0 Å². The molecule has 5 heteroatoms. The molecular formula is C29H45NO2Si2. The molecule has 0 bridgehead atoms. The minimum absolute atomic E-state index is 0.688. The Morgan fingerprint density at radius 1 is 0.647 bits per heavy atom. The summed E-state index contributed by atoms with van der Waals surface area (Å²) in [6.45, 7) is 12.5. The zero-order valence-electron chi connectivity index (χ0n) is 22.2. The summed E-state index contributed by atoms with van der Waals surface area (Å²) in [4.78, 5) is 0. The van der Waals surface area contributed by atoms with Gasteiger partial charge in [0.25, 0.3) is 0 Å². The number of nitrogens with zero attached hydrogens (tertiary/aromatic N) is 1. The van der Waals surface area contributed by atoms with Crippen molar-refractivity contribution < 1.29 is 8.85 Å². The van der Waals surface area contributed by atoms with E-state index in [1.54, 1.807) is 0 Å². The number of ether oxygens (including phenoxy) is 1. The van der Waals surface area contributed by atoms with E-state index in [2.05, 4.69) is 50.9 Å². The van der Waals surface area contributed by atoms with Crippen molar-refractivity contribution in [1.29, 1.82) is 5.26 Å². The van der Waals surface area contributed by atoms with E-state index in [4.69, 9.17) is 14.1 Å². The topological polar surface area (TPSA) is 42.2 Å². The summed E-state index contributed by atoms with van der Waals surface area (Å²) in [7, 11) is -2.82. The normalized spacial score (nSPS) is 11.9. The summed E-state index contributed by atoms with van der Waals surface area (Å²) in [6.07, 6.45) is 11.8. The highest BCUT2D eigenvalue weighted by atomic mass is 28.4. The molecule has 0 aliphatic rings. The zero-order valence-corrected chi connectivity index (χ0v) is 24.2. The van der Waals surface area contributed by atoms with Crippen molar-refractivity contribution in [2.24, 2.45) is 0 Å². The van der Waals surface area contributed by atoms with Crippen LogP contribution in [0.25, 0.3) is 11.1 Å². The van der Waals surface area contributed by atoms with Crippen LogP contribution in [0.3, 0.4) is 0 Å². The third-order valence-corrected chi connectivity index (χ3v) is 12.2. The largest absolute Gasteiger partial charge is 0.494 e. The van der Waals surface area contributed by atoms with E-state index in [0.717, 1.165) is 29.9 Å². The number of nitriles is 1. The van der Waals surface area contributed by atoms with E-state index in [1.807, 2.05) is 36.4 Å². The predicted molar refractivity (Wildman–Crippen MR) is 150 cm³/mol. The second kappa shape index (κ2) is 14.5. The van der Waals surface area contributed by atoms with Crippen molar-refractivity contribution in [3.8, 4) is 22.9 Å². The van der Waals surface area contributed by atoms with Gasteiger partial charge in [-0.05, 0) is 80.6 Å². The smallest absolute Gasteiger partial charge is 0.173 e. The molecule has 3 nitrogen and oxygen atoms in total. The second-order valence-electron chi connectivity index (χ2n) is 11.0. The molecule has 0 fully saturated rings. The SMILES string of the molecule is C[Si](C)(C)O[Si](C)(C)CCCCCCCCCCCOc1ccc(-c2ccc(C#N)cc2)cc1. The molecule has 0 N–H and O–H groups in total. The van der Waals surface area contributed by atoms with Crippen LogP contribution in [-0.2, 0) is 4.12 Å². The van der Waals surface area contributed by atoms with Crippen LogP contribution in [0.4, 0.5) is 0 Å². The first kappa shape index (κ1) is 28.4. The van der Waals surface area contributed by atoms with Crippen molar-refractivity contribution in [3.05, 3.63) is 54.1 Å². The van der Waals surface area contributed by atoms with Gasteiger partial charge in [0.2, 0.25) is 0 Å². The van der Waals surface area contributed by atoms with Gasteiger partial charge < -0.3 is 8.85 Å². The lowest BCUT2D eigenvalue weighted by Gasteiger charge is -2.31. The lowest BCUT2D eigenvalue weighted by atomic mass is 10.0. The summed E-state index contributed by atoms with van der Waals surface area (Å²) in [5.41, 5.74) is 2.95. The lowest BCUT2D eigenvalue weighted by Crippen LogP contribution is -2.42. The van der Waals surface area contributed by atoms with Crippen LogP contribution in [0.15, 0.2) is 48.5 Å². The molecule has 0 heterocycles. The van der Waals surface area contributed by atoms with E-state index in [1.165, 1.54) is 57.4 Å². The molecular weight excluding hydrogens is 450 g/mol. The number of hydrogen-bond donors (Lipinski definition) is 0. The molecule has 0 saturated carbocycles. The lowest BCUT2D eigenvalue weighted by molar-refractivity contribution is 0.304. The summed E-state index contributed by atoms with van der Waals surface area (Å²) in [5, 5.41) is 8.92. The first-order valence-electron chi connectivity index (χ1n) is 13.1. The number of benzene rings is 2. The van der Waals surface area contributed by atoms with E-state index in [-0.39, 0.29) is 0 Å². The molecule has 0 aliphatic heterocycles. The molecule has 0 aliphatic carbocycles. The van der Waals surface area contributed by atoms with Crippen LogP contribution in [0.2, 0.25) is 38.8 Å². The molecule has 0 spiro atoms. The number of rotatable bonds is 16. The van der Waals surface area contributed by atoms with Crippen LogP contribution in [0.1, 0.15) is 63.4 Å². The van der Waals surface area contributed by atoms with Crippen molar-refractivity contribution in [2.45, 2.75) is 96.6 Å². The Balaban J connectivity index is 1.46. The maximum atomic E-state index is 8.92. The zero-order chi connectivity index (χ0) is 24.9. The molecule has 186 valence electrons. The first-order chi connectivity index (χ1) is 16.2. The van der Waals surface area contributed by atoms with Crippen LogP contribution in [0.5, 0.6) is 5.75 Å².